The van der Waals surface area contributed by atoms with Gasteiger partial charge in [-0.1, -0.05) is 42.6 Å². The van der Waals surface area contributed by atoms with Crippen LogP contribution in [0.3, 0.4) is 0 Å². The Morgan fingerprint density at radius 1 is 1.11 bits per heavy atom. The molecule has 0 saturated carbocycles. The van der Waals surface area contributed by atoms with Crippen LogP contribution in [0.4, 0.5) is 10.5 Å². The van der Waals surface area contributed by atoms with Crippen LogP contribution in [0.2, 0.25) is 5.02 Å². The van der Waals surface area contributed by atoms with Gasteiger partial charge in [0.2, 0.25) is 0 Å². The molecular formula is C21H25ClN2O3. The van der Waals surface area contributed by atoms with E-state index in [2.05, 4.69) is 5.32 Å². The van der Waals surface area contributed by atoms with Crippen molar-refractivity contribution in [2.45, 2.75) is 31.7 Å². The van der Waals surface area contributed by atoms with Crippen LogP contribution >= 0.6 is 11.6 Å². The van der Waals surface area contributed by atoms with E-state index in [0.29, 0.717) is 28.8 Å². The fourth-order valence-corrected chi connectivity index (χ4v) is 3.77. The molecule has 0 aromatic heterocycles. The number of carbonyl (C=O) groups is 1. The van der Waals surface area contributed by atoms with E-state index in [4.69, 9.17) is 21.1 Å². The van der Waals surface area contributed by atoms with Crippen LogP contribution in [0.25, 0.3) is 0 Å². The number of carbonyl (C=O) groups excluding carboxylic acids is 1. The van der Waals surface area contributed by atoms with Gasteiger partial charge in [-0.2, -0.15) is 0 Å². The Bertz CT molecular complexity index is 797. The molecule has 0 spiro atoms. The molecule has 1 N–H and O–H groups in total. The van der Waals surface area contributed by atoms with Crippen molar-refractivity contribution in [3.05, 3.63) is 53.1 Å². The lowest BCUT2D eigenvalue weighted by Crippen LogP contribution is -2.38. The van der Waals surface area contributed by atoms with Crippen molar-refractivity contribution in [3.63, 3.8) is 0 Å². The van der Waals surface area contributed by atoms with Gasteiger partial charge in [0.25, 0.3) is 0 Å². The number of urea groups is 1. The first kappa shape index (κ1) is 19.4. The summed E-state index contributed by atoms with van der Waals surface area (Å²) in [7, 11) is 3.17. The number of methoxy groups -OCH3 is 2. The van der Waals surface area contributed by atoms with Crippen LogP contribution in [0.5, 0.6) is 11.5 Å². The van der Waals surface area contributed by atoms with Crippen molar-refractivity contribution in [1.82, 2.24) is 4.90 Å². The van der Waals surface area contributed by atoms with Gasteiger partial charge in [-0.15, -0.1) is 0 Å². The van der Waals surface area contributed by atoms with E-state index in [1.165, 1.54) is 0 Å². The number of likely N-dealkylation sites (tertiary alicyclic amines) is 1. The monoisotopic (exact) mass is 388 g/mol. The molecule has 0 bridgehead atoms. The lowest BCUT2D eigenvalue weighted by Gasteiger charge is -2.31. The Hall–Kier alpha value is -2.40. The maximum absolute atomic E-state index is 13.1. The Morgan fingerprint density at radius 2 is 1.93 bits per heavy atom. The quantitative estimate of drug-likeness (QED) is 0.751. The number of benzene rings is 2. The zero-order chi connectivity index (χ0) is 19.2. The molecule has 0 radical (unpaired) electrons. The van der Waals surface area contributed by atoms with Gasteiger partial charge >= 0.3 is 6.03 Å². The number of halogens is 1. The first-order valence-corrected chi connectivity index (χ1v) is 9.56. The Morgan fingerprint density at radius 3 is 2.67 bits per heavy atom. The smallest absolute Gasteiger partial charge is 0.322 e. The predicted molar refractivity (Wildman–Crippen MR) is 108 cm³/mol. The van der Waals surface area contributed by atoms with Crippen molar-refractivity contribution in [2.24, 2.45) is 0 Å². The summed E-state index contributed by atoms with van der Waals surface area (Å²) in [6.07, 6.45) is 4.06. The maximum atomic E-state index is 13.1. The normalized spacial score (nSPS) is 17.1. The first-order valence-electron chi connectivity index (χ1n) is 9.18. The van der Waals surface area contributed by atoms with Crippen LogP contribution in [-0.2, 0) is 0 Å². The van der Waals surface area contributed by atoms with Gasteiger partial charge in [0, 0.05) is 17.6 Å². The third-order valence-electron chi connectivity index (χ3n) is 4.93. The highest BCUT2D eigenvalue weighted by atomic mass is 35.5. The Kier molecular flexibility index (Phi) is 6.45. The molecule has 1 aliphatic heterocycles. The molecular weight excluding hydrogens is 364 g/mol. The minimum Gasteiger partial charge on any atom is -0.497 e. The highest BCUT2D eigenvalue weighted by molar-refractivity contribution is 6.31. The molecule has 1 heterocycles. The average molecular weight is 389 g/mol. The molecule has 0 aliphatic carbocycles. The molecule has 2 amide bonds. The van der Waals surface area contributed by atoms with Crippen LogP contribution in [-0.4, -0.2) is 31.7 Å². The van der Waals surface area contributed by atoms with Crippen molar-refractivity contribution in [2.75, 3.05) is 26.1 Å². The standard InChI is InChI=1S/C21H25ClN2O3/c1-26-15-11-12-18(20(14-15)27-2)23-21(25)24-13-7-3-4-10-19(24)16-8-5-6-9-17(16)22/h5-6,8-9,11-12,14,19H,3-4,7,10,13H2,1-2H3,(H,23,25)/t19-/m1/s1. The molecule has 144 valence electrons. The lowest BCUT2D eigenvalue weighted by molar-refractivity contribution is 0.189. The van der Waals surface area contributed by atoms with Gasteiger partial charge in [0.1, 0.15) is 11.5 Å². The Balaban J connectivity index is 1.86. The van der Waals surface area contributed by atoms with Crippen molar-refractivity contribution < 1.29 is 14.3 Å². The predicted octanol–water partition coefficient (Wildman–Crippen LogP) is 5.51. The van der Waals surface area contributed by atoms with Gasteiger partial charge < -0.3 is 19.7 Å². The summed E-state index contributed by atoms with van der Waals surface area (Å²) < 4.78 is 10.6. The molecule has 2 aromatic carbocycles. The SMILES string of the molecule is COc1ccc(NC(=O)N2CCCCC[C@@H]2c2ccccc2Cl)c(OC)c1. The lowest BCUT2D eigenvalue weighted by atomic mass is 10.0. The summed E-state index contributed by atoms with van der Waals surface area (Å²) in [5, 5.41) is 3.69. The number of anilines is 1. The van der Waals surface area contributed by atoms with Crippen molar-refractivity contribution in [1.29, 1.82) is 0 Å². The summed E-state index contributed by atoms with van der Waals surface area (Å²) in [5.41, 5.74) is 1.61. The molecule has 3 rings (SSSR count). The molecule has 0 unspecified atom stereocenters. The second-order valence-electron chi connectivity index (χ2n) is 6.58. The number of amides is 2. The van der Waals surface area contributed by atoms with Gasteiger partial charge in [0.05, 0.1) is 25.9 Å². The fraction of sp³-hybridized carbons (Fsp3) is 0.381. The molecule has 2 aromatic rings. The Labute approximate surface area is 165 Å². The summed E-state index contributed by atoms with van der Waals surface area (Å²) in [6.45, 7) is 0.695. The third kappa shape index (κ3) is 4.48. The van der Waals surface area contributed by atoms with E-state index in [1.807, 2.05) is 29.2 Å². The molecule has 1 saturated heterocycles. The van der Waals surface area contributed by atoms with Crippen LogP contribution in [0.15, 0.2) is 42.5 Å². The van der Waals surface area contributed by atoms with Crippen LogP contribution in [0, 0.1) is 0 Å². The number of hydrogen-bond acceptors (Lipinski definition) is 3. The highest BCUT2D eigenvalue weighted by Crippen LogP contribution is 2.35. The van der Waals surface area contributed by atoms with E-state index in [-0.39, 0.29) is 12.1 Å². The molecule has 1 aliphatic rings. The van der Waals surface area contributed by atoms with E-state index in [0.717, 1.165) is 31.2 Å². The van der Waals surface area contributed by atoms with Gasteiger partial charge in [-0.25, -0.2) is 4.79 Å². The second-order valence-corrected chi connectivity index (χ2v) is 6.98. The number of rotatable bonds is 4. The number of nitrogens with one attached hydrogen (secondary N) is 1. The van der Waals surface area contributed by atoms with E-state index in [1.54, 1.807) is 32.4 Å². The molecule has 27 heavy (non-hydrogen) atoms. The zero-order valence-electron chi connectivity index (χ0n) is 15.7. The van der Waals surface area contributed by atoms with Crippen molar-refractivity contribution in [3.8, 4) is 11.5 Å². The van der Waals surface area contributed by atoms with Gasteiger partial charge in [0.15, 0.2) is 0 Å². The fourth-order valence-electron chi connectivity index (χ4n) is 3.51. The van der Waals surface area contributed by atoms with E-state index < -0.39 is 0 Å². The van der Waals surface area contributed by atoms with Gasteiger partial charge in [-0.05, 0) is 36.6 Å². The summed E-state index contributed by atoms with van der Waals surface area (Å²) >= 11 is 6.43. The van der Waals surface area contributed by atoms with Crippen molar-refractivity contribution >= 4 is 23.3 Å². The largest absolute Gasteiger partial charge is 0.497 e. The topological polar surface area (TPSA) is 50.8 Å². The molecule has 1 fully saturated rings. The van der Waals surface area contributed by atoms with Crippen LogP contribution < -0.4 is 14.8 Å². The van der Waals surface area contributed by atoms with E-state index in [9.17, 15) is 4.79 Å². The highest BCUT2D eigenvalue weighted by Gasteiger charge is 2.28. The van der Waals surface area contributed by atoms with Crippen LogP contribution in [0.1, 0.15) is 37.3 Å². The molecule has 6 heteroatoms. The summed E-state index contributed by atoms with van der Waals surface area (Å²) in [6, 6.07) is 12.9. The molecule has 1 atom stereocenters. The van der Waals surface area contributed by atoms with E-state index >= 15 is 0 Å². The second kappa shape index (κ2) is 9.00. The molecule has 5 nitrogen and oxygen atoms in total. The summed E-state index contributed by atoms with van der Waals surface area (Å²) in [5.74, 6) is 1.24. The third-order valence-corrected chi connectivity index (χ3v) is 5.27. The number of hydrogen-bond donors (Lipinski definition) is 1. The zero-order valence-corrected chi connectivity index (χ0v) is 16.5. The summed E-state index contributed by atoms with van der Waals surface area (Å²) in [4.78, 5) is 15.0. The first-order chi connectivity index (χ1) is 13.1. The van der Waals surface area contributed by atoms with Gasteiger partial charge in [-0.3, -0.25) is 0 Å². The number of nitrogens with zero attached hydrogens (tertiary/aromatic N) is 1. The average Bonchev–Trinajstić information content (AvgIpc) is 2.94. The number of ether oxygens (including phenoxy) is 2. The minimum atomic E-state index is -0.148. The minimum absolute atomic E-state index is 0.0366. The maximum Gasteiger partial charge on any atom is 0.322 e.